The van der Waals surface area contributed by atoms with Crippen LogP contribution < -0.4 is 5.73 Å². The molecule has 1 aliphatic carbocycles. The van der Waals surface area contributed by atoms with Crippen molar-refractivity contribution in [3.05, 3.63) is 35.6 Å². The summed E-state index contributed by atoms with van der Waals surface area (Å²) in [4.78, 5) is 0. The van der Waals surface area contributed by atoms with Crippen molar-refractivity contribution in [2.45, 2.75) is 38.6 Å². The van der Waals surface area contributed by atoms with E-state index in [9.17, 15) is 4.39 Å². The minimum Gasteiger partial charge on any atom is -0.324 e. The van der Waals surface area contributed by atoms with E-state index in [0.717, 1.165) is 11.5 Å². The quantitative estimate of drug-likeness (QED) is 0.810. The van der Waals surface area contributed by atoms with Crippen LogP contribution >= 0.6 is 0 Å². The van der Waals surface area contributed by atoms with Gasteiger partial charge in [0, 0.05) is 6.04 Å². The van der Waals surface area contributed by atoms with Gasteiger partial charge in [0.15, 0.2) is 0 Å². The molecular formula is C14H20FN. The lowest BCUT2D eigenvalue weighted by Gasteiger charge is -2.31. The van der Waals surface area contributed by atoms with E-state index < -0.39 is 0 Å². The lowest BCUT2D eigenvalue weighted by Crippen LogP contribution is -2.26. The molecule has 2 heteroatoms. The van der Waals surface area contributed by atoms with Crippen LogP contribution in [-0.2, 0) is 0 Å². The SMILES string of the molecule is CC1CCCC(C(N)c2cccc(F)c2)C1. The molecule has 0 spiro atoms. The molecule has 1 saturated carbocycles. The standard InChI is InChI=1S/C14H20FN/c1-10-4-2-5-11(8-10)14(16)12-6-3-7-13(15)9-12/h3,6-7,9-11,14H,2,4-5,8,16H2,1H3. The molecule has 1 aromatic rings. The molecule has 0 radical (unpaired) electrons. The zero-order chi connectivity index (χ0) is 11.5. The van der Waals surface area contributed by atoms with Crippen LogP contribution in [-0.4, -0.2) is 0 Å². The number of hydrogen-bond donors (Lipinski definition) is 1. The van der Waals surface area contributed by atoms with Crippen LogP contribution in [0.4, 0.5) is 4.39 Å². The Labute approximate surface area is 96.9 Å². The van der Waals surface area contributed by atoms with Gasteiger partial charge in [-0.3, -0.25) is 0 Å². The van der Waals surface area contributed by atoms with E-state index in [2.05, 4.69) is 6.92 Å². The Balaban J connectivity index is 2.09. The molecule has 1 fully saturated rings. The lowest BCUT2D eigenvalue weighted by molar-refractivity contribution is 0.248. The molecule has 0 bridgehead atoms. The molecule has 0 heterocycles. The van der Waals surface area contributed by atoms with Crippen molar-refractivity contribution in [3.63, 3.8) is 0 Å². The zero-order valence-electron chi connectivity index (χ0n) is 9.83. The third-order valence-electron chi connectivity index (χ3n) is 3.72. The topological polar surface area (TPSA) is 26.0 Å². The number of benzene rings is 1. The predicted octanol–water partition coefficient (Wildman–Crippen LogP) is 3.65. The Kier molecular flexibility index (Phi) is 3.59. The summed E-state index contributed by atoms with van der Waals surface area (Å²) in [6, 6.07) is 6.73. The lowest BCUT2D eigenvalue weighted by atomic mass is 9.77. The van der Waals surface area contributed by atoms with E-state index >= 15 is 0 Å². The maximum absolute atomic E-state index is 13.1. The average molecular weight is 221 g/mol. The molecule has 1 aliphatic rings. The second-order valence-electron chi connectivity index (χ2n) is 5.11. The van der Waals surface area contributed by atoms with E-state index in [1.165, 1.54) is 31.7 Å². The molecule has 3 unspecified atom stereocenters. The minimum absolute atomic E-state index is 0.00144. The Morgan fingerprint density at radius 1 is 1.38 bits per heavy atom. The fourth-order valence-electron chi connectivity index (χ4n) is 2.79. The van der Waals surface area contributed by atoms with Crippen LogP contribution in [0.2, 0.25) is 0 Å². The van der Waals surface area contributed by atoms with E-state index in [4.69, 9.17) is 5.73 Å². The third kappa shape index (κ3) is 2.62. The van der Waals surface area contributed by atoms with Gasteiger partial charge in [-0.15, -0.1) is 0 Å². The second-order valence-corrected chi connectivity index (χ2v) is 5.11. The molecule has 2 N–H and O–H groups in total. The van der Waals surface area contributed by atoms with E-state index in [1.54, 1.807) is 12.1 Å². The molecule has 1 aromatic carbocycles. The normalized spacial score (nSPS) is 27.7. The summed E-state index contributed by atoms with van der Waals surface area (Å²) in [5, 5.41) is 0. The minimum atomic E-state index is -0.184. The van der Waals surface area contributed by atoms with Crippen LogP contribution in [0, 0.1) is 17.7 Å². The Hall–Kier alpha value is -0.890. The van der Waals surface area contributed by atoms with Gasteiger partial charge < -0.3 is 5.73 Å². The first-order valence-electron chi connectivity index (χ1n) is 6.18. The van der Waals surface area contributed by atoms with Crippen molar-refractivity contribution in [2.75, 3.05) is 0 Å². The van der Waals surface area contributed by atoms with Crippen LogP contribution in [0.25, 0.3) is 0 Å². The number of halogens is 1. The van der Waals surface area contributed by atoms with Gasteiger partial charge in [-0.2, -0.15) is 0 Å². The highest BCUT2D eigenvalue weighted by atomic mass is 19.1. The molecule has 0 amide bonds. The fourth-order valence-corrected chi connectivity index (χ4v) is 2.79. The maximum Gasteiger partial charge on any atom is 0.123 e. The van der Waals surface area contributed by atoms with Crippen LogP contribution in [0.3, 0.4) is 0 Å². The van der Waals surface area contributed by atoms with Gasteiger partial charge in [0.1, 0.15) is 5.82 Å². The monoisotopic (exact) mass is 221 g/mol. The van der Waals surface area contributed by atoms with Crippen LogP contribution in [0.5, 0.6) is 0 Å². The van der Waals surface area contributed by atoms with Crippen LogP contribution in [0.1, 0.15) is 44.2 Å². The summed E-state index contributed by atoms with van der Waals surface area (Å²) in [7, 11) is 0. The van der Waals surface area contributed by atoms with Gasteiger partial charge in [0.25, 0.3) is 0 Å². The van der Waals surface area contributed by atoms with Crippen LogP contribution in [0.15, 0.2) is 24.3 Å². The summed E-state index contributed by atoms with van der Waals surface area (Å²) >= 11 is 0. The van der Waals surface area contributed by atoms with Gasteiger partial charge in [0.05, 0.1) is 0 Å². The summed E-state index contributed by atoms with van der Waals surface area (Å²) in [6.45, 7) is 2.28. The smallest absolute Gasteiger partial charge is 0.123 e. The molecule has 88 valence electrons. The first kappa shape index (κ1) is 11.6. The van der Waals surface area contributed by atoms with Crippen molar-refractivity contribution in [3.8, 4) is 0 Å². The Morgan fingerprint density at radius 2 is 2.19 bits per heavy atom. The second kappa shape index (κ2) is 4.96. The Bertz CT molecular complexity index is 350. The van der Waals surface area contributed by atoms with E-state index in [-0.39, 0.29) is 11.9 Å². The zero-order valence-corrected chi connectivity index (χ0v) is 9.83. The first-order chi connectivity index (χ1) is 7.66. The molecular weight excluding hydrogens is 201 g/mol. The molecule has 3 atom stereocenters. The van der Waals surface area contributed by atoms with E-state index in [0.29, 0.717) is 5.92 Å². The summed E-state index contributed by atoms with van der Waals surface area (Å²) in [5.74, 6) is 1.10. The van der Waals surface area contributed by atoms with Gasteiger partial charge in [0.2, 0.25) is 0 Å². The molecule has 0 saturated heterocycles. The molecule has 2 rings (SSSR count). The summed E-state index contributed by atoms with van der Waals surface area (Å²) < 4.78 is 13.1. The first-order valence-corrected chi connectivity index (χ1v) is 6.18. The van der Waals surface area contributed by atoms with E-state index in [1.807, 2.05) is 6.07 Å². The molecule has 1 nitrogen and oxygen atoms in total. The molecule has 16 heavy (non-hydrogen) atoms. The largest absolute Gasteiger partial charge is 0.324 e. The predicted molar refractivity (Wildman–Crippen MR) is 64.5 cm³/mol. The third-order valence-corrected chi connectivity index (χ3v) is 3.72. The number of rotatable bonds is 2. The van der Waals surface area contributed by atoms with Crippen molar-refractivity contribution in [2.24, 2.45) is 17.6 Å². The van der Waals surface area contributed by atoms with Crippen molar-refractivity contribution >= 4 is 0 Å². The van der Waals surface area contributed by atoms with Crippen molar-refractivity contribution in [1.29, 1.82) is 0 Å². The maximum atomic E-state index is 13.1. The van der Waals surface area contributed by atoms with Gasteiger partial charge in [-0.1, -0.05) is 31.9 Å². The Morgan fingerprint density at radius 3 is 2.88 bits per heavy atom. The highest BCUT2D eigenvalue weighted by Gasteiger charge is 2.25. The average Bonchev–Trinajstić information content (AvgIpc) is 2.28. The molecule has 0 aromatic heterocycles. The van der Waals surface area contributed by atoms with Gasteiger partial charge in [-0.25, -0.2) is 4.39 Å². The fraction of sp³-hybridized carbons (Fsp3) is 0.571. The van der Waals surface area contributed by atoms with Gasteiger partial charge in [-0.05, 0) is 42.4 Å². The van der Waals surface area contributed by atoms with Crippen molar-refractivity contribution in [1.82, 2.24) is 0 Å². The highest BCUT2D eigenvalue weighted by Crippen LogP contribution is 2.35. The van der Waals surface area contributed by atoms with Gasteiger partial charge >= 0.3 is 0 Å². The van der Waals surface area contributed by atoms with Crippen molar-refractivity contribution < 1.29 is 4.39 Å². The molecule has 0 aliphatic heterocycles. The number of hydrogen-bond acceptors (Lipinski definition) is 1. The number of nitrogens with two attached hydrogens (primary N) is 1. The highest BCUT2D eigenvalue weighted by molar-refractivity contribution is 5.20. The summed E-state index contributed by atoms with van der Waals surface area (Å²) in [5.41, 5.74) is 7.18. The summed E-state index contributed by atoms with van der Waals surface area (Å²) in [6.07, 6.45) is 4.93.